The van der Waals surface area contributed by atoms with Crippen LogP contribution in [0.25, 0.3) is 11.3 Å². The molecule has 0 spiro atoms. The van der Waals surface area contributed by atoms with Crippen LogP contribution in [0.3, 0.4) is 0 Å². The van der Waals surface area contributed by atoms with Gasteiger partial charge < -0.3 is 11.6 Å². The van der Waals surface area contributed by atoms with Gasteiger partial charge in [-0.05, 0) is 25.0 Å². The highest BCUT2D eigenvalue weighted by molar-refractivity contribution is 6.30. The number of aromatic nitrogens is 2. The molecule has 4 nitrogen and oxygen atoms in total. The van der Waals surface area contributed by atoms with Crippen molar-refractivity contribution in [3.63, 3.8) is 0 Å². The summed E-state index contributed by atoms with van der Waals surface area (Å²) in [4.78, 5) is 4.70. The molecule has 1 fully saturated rings. The number of halogens is 1. The highest BCUT2D eigenvalue weighted by atomic mass is 35.5. The zero-order valence-electron chi connectivity index (χ0n) is 11.3. The maximum absolute atomic E-state index is 6.12. The van der Waals surface area contributed by atoms with E-state index in [1.54, 1.807) is 4.68 Å². The average molecular weight is 291 g/mol. The Kier molecular flexibility index (Phi) is 3.57. The Bertz CT molecular complexity index is 597. The molecule has 0 atom stereocenters. The van der Waals surface area contributed by atoms with Crippen molar-refractivity contribution in [3.8, 4) is 11.3 Å². The number of anilines is 1. The zero-order chi connectivity index (χ0) is 14.1. The highest BCUT2D eigenvalue weighted by Crippen LogP contribution is 2.35. The molecule has 0 radical (unpaired) electrons. The van der Waals surface area contributed by atoms with Crippen molar-refractivity contribution in [2.75, 3.05) is 11.6 Å². The number of nitrogens with two attached hydrogens (primary N) is 2. The Labute approximate surface area is 123 Å². The van der Waals surface area contributed by atoms with E-state index in [1.807, 2.05) is 24.3 Å². The maximum atomic E-state index is 6.12. The fourth-order valence-corrected chi connectivity index (χ4v) is 3.06. The summed E-state index contributed by atoms with van der Waals surface area (Å²) in [5, 5.41) is 0.701. The lowest BCUT2D eigenvalue weighted by Crippen LogP contribution is -2.19. The highest BCUT2D eigenvalue weighted by Gasteiger charge is 2.23. The van der Waals surface area contributed by atoms with Crippen LogP contribution in [0.4, 0.5) is 5.82 Å². The van der Waals surface area contributed by atoms with E-state index >= 15 is 0 Å². The molecule has 2 aromatic rings. The minimum absolute atomic E-state index is 0.428. The fraction of sp³-hybridized carbons (Fsp3) is 0.400. The Balaban J connectivity index is 1.98. The van der Waals surface area contributed by atoms with Crippen LogP contribution in [0.2, 0.25) is 5.02 Å². The molecule has 106 valence electrons. The molecule has 20 heavy (non-hydrogen) atoms. The quantitative estimate of drug-likeness (QED) is 0.831. The zero-order valence-corrected chi connectivity index (χ0v) is 12.1. The Morgan fingerprint density at radius 1 is 1.10 bits per heavy atom. The molecule has 4 N–H and O–H groups in total. The Hall–Kier alpha value is -1.68. The van der Waals surface area contributed by atoms with E-state index in [4.69, 9.17) is 28.2 Å². The van der Waals surface area contributed by atoms with Crippen molar-refractivity contribution in [2.24, 2.45) is 0 Å². The van der Waals surface area contributed by atoms with Crippen LogP contribution in [-0.4, -0.2) is 9.66 Å². The van der Waals surface area contributed by atoms with Crippen LogP contribution in [0.15, 0.2) is 24.3 Å². The maximum Gasteiger partial charge on any atom is 0.150 e. The van der Waals surface area contributed by atoms with E-state index < -0.39 is 0 Å². The summed E-state index contributed by atoms with van der Waals surface area (Å²) in [6.07, 6.45) is 6.09. The molecule has 0 saturated heterocycles. The van der Waals surface area contributed by atoms with E-state index in [-0.39, 0.29) is 0 Å². The van der Waals surface area contributed by atoms with Gasteiger partial charge in [0.15, 0.2) is 5.82 Å². The van der Waals surface area contributed by atoms with E-state index in [2.05, 4.69) is 0 Å². The normalized spacial score (nSPS) is 16.4. The van der Waals surface area contributed by atoms with Crippen LogP contribution >= 0.6 is 11.6 Å². The van der Waals surface area contributed by atoms with Crippen molar-refractivity contribution in [1.82, 2.24) is 9.66 Å². The molecule has 0 aliphatic heterocycles. The fourth-order valence-electron chi connectivity index (χ4n) is 2.93. The molecule has 0 bridgehead atoms. The minimum atomic E-state index is 0.428. The molecule has 1 aliphatic carbocycles. The number of hydrogen-bond acceptors (Lipinski definition) is 3. The predicted octanol–water partition coefficient (Wildman–Crippen LogP) is 3.55. The van der Waals surface area contributed by atoms with Crippen LogP contribution in [-0.2, 0) is 0 Å². The average Bonchev–Trinajstić information content (AvgIpc) is 2.77. The van der Waals surface area contributed by atoms with Gasteiger partial charge >= 0.3 is 0 Å². The Morgan fingerprint density at radius 3 is 2.40 bits per heavy atom. The summed E-state index contributed by atoms with van der Waals surface area (Å²) in [7, 11) is 0. The van der Waals surface area contributed by atoms with Gasteiger partial charge in [0.2, 0.25) is 0 Å². The summed E-state index contributed by atoms with van der Waals surface area (Å²) in [6, 6.07) is 7.52. The SMILES string of the molecule is Nc1c(-c2ccc(Cl)cc2)nc(C2CCCCC2)n1N. The van der Waals surface area contributed by atoms with E-state index in [0.29, 0.717) is 16.8 Å². The monoisotopic (exact) mass is 290 g/mol. The first-order valence-electron chi connectivity index (χ1n) is 7.06. The molecular weight excluding hydrogens is 272 g/mol. The Morgan fingerprint density at radius 2 is 1.75 bits per heavy atom. The topological polar surface area (TPSA) is 69.9 Å². The molecule has 3 rings (SSSR count). The molecule has 1 aromatic heterocycles. The molecular formula is C15H19ClN4. The van der Waals surface area contributed by atoms with Crippen molar-refractivity contribution >= 4 is 17.4 Å². The second-order valence-corrected chi connectivity index (χ2v) is 5.85. The van der Waals surface area contributed by atoms with E-state index in [1.165, 1.54) is 19.3 Å². The predicted molar refractivity (Wildman–Crippen MR) is 83.1 cm³/mol. The van der Waals surface area contributed by atoms with Gasteiger partial charge in [0.05, 0.1) is 0 Å². The van der Waals surface area contributed by atoms with Gasteiger partial charge in [0.1, 0.15) is 11.5 Å². The lowest BCUT2D eigenvalue weighted by molar-refractivity contribution is 0.424. The first kappa shape index (κ1) is 13.3. The number of nitrogens with zero attached hydrogens (tertiary/aromatic N) is 2. The molecule has 1 aliphatic rings. The van der Waals surface area contributed by atoms with Gasteiger partial charge in [0, 0.05) is 16.5 Å². The number of nitrogen functional groups attached to an aromatic ring is 2. The van der Waals surface area contributed by atoms with Crippen LogP contribution in [0, 0.1) is 0 Å². The summed E-state index contributed by atoms with van der Waals surface area (Å²) in [5.74, 6) is 7.96. The van der Waals surface area contributed by atoms with Gasteiger partial charge in [-0.25, -0.2) is 9.66 Å². The lowest BCUT2D eigenvalue weighted by atomic mass is 9.89. The lowest BCUT2D eigenvalue weighted by Gasteiger charge is -2.20. The van der Waals surface area contributed by atoms with Crippen molar-refractivity contribution in [1.29, 1.82) is 0 Å². The third-order valence-corrected chi connectivity index (χ3v) is 4.32. The summed E-state index contributed by atoms with van der Waals surface area (Å²) in [6.45, 7) is 0. The molecule has 1 saturated carbocycles. The number of rotatable bonds is 2. The van der Waals surface area contributed by atoms with Gasteiger partial charge in [-0.15, -0.1) is 0 Å². The van der Waals surface area contributed by atoms with Crippen LogP contribution in [0.5, 0.6) is 0 Å². The number of benzene rings is 1. The number of hydrogen-bond donors (Lipinski definition) is 2. The third kappa shape index (κ3) is 2.36. The third-order valence-electron chi connectivity index (χ3n) is 4.06. The molecule has 0 amide bonds. The van der Waals surface area contributed by atoms with E-state index in [9.17, 15) is 0 Å². The number of imidazole rings is 1. The van der Waals surface area contributed by atoms with Crippen LogP contribution < -0.4 is 11.6 Å². The minimum Gasteiger partial charge on any atom is -0.382 e. The van der Waals surface area contributed by atoms with Gasteiger partial charge in [-0.1, -0.05) is 43.0 Å². The van der Waals surface area contributed by atoms with Gasteiger partial charge in [-0.3, -0.25) is 0 Å². The molecule has 5 heteroatoms. The van der Waals surface area contributed by atoms with Crippen molar-refractivity contribution in [3.05, 3.63) is 35.1 Å². The largest absolute Gasteiger partial charge is 0.382 e. The molecule has 1 heterocycles. The van der Waals surface area contributed by atoms with E-state index in [0.717, 1.165) is 29.9 Å². The van der Waals surface area contributed by atoms with Gasteiger partial charge in [-0.2, -0.15) is 0 Å². The van der Waals surface area contributed by atoms with Crippen molar-refractivity contribution < 1.29 is 0 Å². The van der Waals surface area contributed by atoms with Crippen molar-refractivity contribution in [2.45, 2.75) is 38.0 Å². The summed E-state index contributed by atoms with van der Waals surface area (Å²) >= 11 is 5.92. The second kappa shape index (κ2) is 5.37. The smallest absolute Gasteiger partial charge is 0.150 e. The first-order chi connectivity index (χ1) is 9.66. The van der Waals surface area contributed by atoms with Crippen LogP contribution in [0.1, 0.15) is 43.8 Å². The summed E-state index contributed by atoms with van der Waals surface area (Å²) in [5.41, 5.74) is 7.83. The molecule has 1 aromatic carbocycles. The summed E-state index contributed by atoms with van der Waals surface area (Å²) < 4.78 is 1.56. The first-order valence-corrected chi connectivity index (χ1v) is 7.43. The second-order valence-electron chi connectivity index (χ2n) is 5.42. The standard InChI is InChI=1S/C15H19ClN4/c16-12-8-6-10(7-9-12)13-14(17)20(18)15(19-13)11-4-2-1-3-5-11/h6-9,11H,1-5,17-18H2. The molecule has 0 unspecified atom stereocenters. The van der Waals surface area contributed by atoms with Gasteiger partial charge in [0.25, 0.3) is 0 Å².